The number of halogens is 1. The fourth-order valence-corrected chi connectivity index (χ4v) is 3.24. The Hall–Kier alpha value is -1.22. The number of aromatic nitrogens is 1. The van der Waals surface area contributed by atoms with E-state index in [0.717, 1.165) is 0 Å². The summed E-state index contributed by atoms with van der Waals surface area (Å²) in [5, 5.41) is 10.9. The molecule has 0 amide bonds. The number of anilines is 1. The van der Waals surface area contributed by atoms with Gasteiger partial charge >= 0.3 is 5.69 Å². The first kappa shape index (κ1) is 13.2. The Morgan fingerprint density at radius 2 is 2.00 bits per heavy atom. The second-order valence-electron chi connectivity index (χ2n) is 3.89. The van der Waals surface area contributed by atoms with Gasteiger partial charge in [-0.15, -0.1) is 0 Å². The quantitative estimate of drug-likeness (QED) is 0.590. The third-order valence-corrected chi connectivity index (χ3v) is 4.70. The Morgan fingerprint density at radius 3 is 2.56 bits per heavy atom. The lowest BCUT2D eigenvalue weighted by atomic mass is 10.3. The molecule has 1 fully saturated rings. The van der Waals surface area contributed by atoms with Gasteiger partial charge < -0.3 is 4.90 Å². The number of rotatable bonds is 2. The lowest BCUT2D eigenvalue weighted by molar-refractivity contribution is -0.384. The summed E-state index contributed by atoms with van der Waals surface area (Å²) in [5.41, 5.74) is -0.122. The molecule has 0 atom stereocenters. The van der Waals surface area contributed by atoms with Gasteiger partial charge in [0.25, 0.3) is 0 Å². The van der Waals surface area contributed by atoms with E-state index in [9.17, 15) is 18.5 Å². The molecule has 9 heteroatoms. The van der Waals surface area contributed by atoms with Crippen LogP contribution in [-0.4, -0.2) is 42.9 Å². The predicted molar refractivity (Wildman–Crippen MR) is 69.5 cm³/mol. The average Bonchev–Trinajstić information content (AvgIpc) is 2.29. The lowest BCUT2D eigenvalue weighted by Crippen LogP contribution is -2.41. The van der Waals surface area contributed by atoms with Crippen molar-refractivity contribution in [3.63, 3.8) is 0 Å². The van der Waals surface area contributed by atoms with Gasteiger partial charge in [0.05, 0.1) is 16.4 Å². The van der Waals surface area contributed by atoms with Crippen molar-refractivity contribution in [1.29, 1.82) is 0 Å². The topological polar surface area (TPSA) is 93.4 Å². The van der Waals surface area contributed by atoms with Gasteiger partial charge in [0.15, 0.2) is 9.84 Å². The largest absolute Gasteiger partial charge is 0.349 e. The second-order valence-corrected chi connectivity index (χ2v) is 7.11. The molecule has 0 aliphatic carbocycles. The summed E-state index contributed by atoms with van der Waals surface area (Å²) < 4.78 is 23.1. The van der Waals surface area contributed by atoms with E-state index >= 15 is 0 Å². The number of hydrogen-bond acceptors (Lipinski definition) is 6. The van der Waals surface area contributed by atoms with E-state index in [1.165, 1.54) is 12.3 Å². The molecule has 0 bridgehead atoms. The molecule has 1 aliphatic rings. The summed E-state index contributed by atoms with van der Waals surface area (Å²) in [6.07, 6.45) is 1.46. The van der Waals surface area contributed by atoms with Crippen molar-refractivity contribution in [1.82, 2.24) is 4.98 Å². The van der Waals surface area contributed by atoms with E-state index < -0.39 is 14.8 Å². The summed E-state index contributed by atoms with van der Waals surface area (Å²) in [5.74, 6) is 0.224. The van der Waals surface area contributed by atoms with Gasteiger partial charge in [-0.25, -0.2) is 13.4 Å². The normalized spacial score (nSPS) is 18.6. The number of nitrogens with zero attached hydrogens (tertiary/aromatic N) is 3. The molecule has 2 heterocycles. The molecule has 0 radical (unpaired) electrons. The van der Waals surface area contributed by atoms with Crippen LogP contribution in [0.25, 0.3) is 0 Å². The SMILES string of the molecule is O=[N+]([O-])c1cc(Br)cnc1N1CCS(=O)(=O)CC1. The van der Waals surface area contributed by atoms with Crippen LogP contribution in [0.4, 0.5) is 11.5 Å². The monoisotopic (exact) mass is 335 g/mol. The summed E-state index contributed by atoms with van der Waals surface area (Å²) in [6.45, 7) is 0.468. The molecule has 0 saturated carbocycles. The Labute approximate surface area is 112 Å². The molecule has 0 aromatic carbocycles. The maximum Gasteiger partial charge on any atom is 0.312 e. The van der Waals surface area contributed by atoms with Crippen molar-refractivity contribution >= 4 is 37.3 Å². The molecule has 0 unspecified atom stereocenters. The maximum atomic E-state index is 11.3. The minimum Gasteiger partial charge on any atom is -0.349 e. The van der Waals surface area contributed by atoms with Crippen molar-refractivity contribution < 1.29 is 13.3 Å². The van der Waals surface area contributed by atoms with Gasteiger partial charge in [-0.05, 0) is 15.9 Å². The summed E-state index contributed by atoms with van der Waals surface area (Å²) in [4.78, 5) is 16.1. The molecule has 2 rings (SSSR count). The van der Waals surface area contributed by atoms with Crippen molar-refractivity contribution in [3.8, 4) is 0 Å². The van der Waals surface area contributed by atoms with Crippen LogP contribution in [0.2, 0.25) is 0 Å². The minimum absolute atomic E-state index is 0.00188. The second kappa shape index (κ2) is 4.81. The molecule has 7 nitrogen and oxygen atoms in total. The molecule has 0 N–H and O–H groups in total. The molecule has 1 aromatic heterocycles. The van der Waals surface area contributed by atoms with Crippen molar-refractivity contribution in [2.75, 3.05) is 29.5 Å². The maximum absolute atomic E-state index is 11.3. The number of sulfone groups is 1. The van der Waals surface area contributed by atoms with Crippen molar-refractivity contribution in [3.05, 3.63) is 26.9 Å². The van der Waals surface area contributed by atoms with E-state index in [2.05, 4.69) is 20.9 Å². The van der Waals surface area contributed by atoms with Crippen LogP contribution in [0.1, 0.15) is 0 Å². The van der Waals surface area contributed by atoms with Crippen LogP contribution in [0.5, 0.6) is 0 Å². The molecular weight excluding hydrogens is 326 g/mol. The fourth-order valence-electron chi connectivity index (χ4n) is 1.72. The third kappa shape index (κ3) is 2.78. The van der Waals surface area contributed by atoms with Crippen LogP contribution in [0.15, 0.2) is 16.7 Å². The molecule has 98 valence electrons. The highest BCUT2D eigenvalue weighted by Gasteiger charge is 2.27. The Morgan fingerprint density at radius 1 is 1.39 bits per heavy atom. The highest BCUT2D eigenvalue weighted by Crippen LogP contribution is 2.29. The van der Waals surface area contributed by atoms with Crippen LogP contribution in [0, 0.1) is 10.1 Å². The summed E-state index contributed by atoms with van der Waals surface area (Å²) in [6, 6.07) is 1.37. The lowest BCUT2D eigenvalue weighted by Gasteiger charge is -2.27. The first-order valence-corrected chi connectivity index (χ1v) is 7.76. The van der Waals surface area contributed by atoms with Crippen LogP contribution in [0.3, 0.4) is 0 Å². The zero-order valence-electron chi connectivity index (χ0n) is 9.24. The zero-order valence-corrected chi connectivity index (χ0v) is 11.6. The van der Waals surface area contributed by atoms with E-state index in [1.807, 2.05) is 0 Å². The Bertz CT molecular complexity index is 575. The molecule has 18 heavy (non-hydrogen) atoms. The van der Waals surface area contributed by atoms with Gasteiger partial charge in [-0.3, -0.25) is 10.1 Å². The van der Waals surface area contributed by atoms with E-state index in [4.69, 9.17) is 0 Å². The standard InChI is InChI=1S/C9H10BrN3O4S/c10-7-5-8(13(14)15)9(11-6-7)12-1-3-18(16,17)4-2-12/h5-6H,1-4H2. The Balaban J connectivity index is 2.32. The zero-order chi connectivity index (χ0) is 13.3. The molecule has 1 aliphatic heterocycles. The smallest absolute Gasteiger partial charge is 0.312 e. The summed E-state index contributed by atoms with van der Waals surface area (Å²) >= 11 is 3.13. The first-order chi connectivity index (χ1) is 8.39. The molecule has 1 saturated heterocycles. The minimum atomic E-state index is -3.01. The van der Waals surface area contributed by atoms with Gasteiger partial charge in [-0.2, -0.15) is 0 Å². The first-order valence-electron chi connectivity index (χ1n) is 5.14. The third-order valence-electron chi connectivity index (χ3n) is 2.65. The van der Waals surface area contributed by atoms with Gasteiger partial charge in [0.1, 0.15) is 0 Å². The molecule has 1 aromatic rings. The fraction of sp³-hybridized carbons (Fsp3) is 0.444. The molecular formula is C9H10BrN3O4S. The van der Waals surface area contributed by atoms with Crippen LogP contribution in [-0.2, 0) is 9.84 Å². The van der Waals surface area contributed by atoms with Crippen molar-refractivity contribution in [2.24, 2.45) is 0 Å². The van der Waals surface area contributed by atoms with Gasteiger partial charge in [0, 0.05) is 29.8 Å². The van der Waals surface area contributed by atoms with Gasteiger partial charge in [0.2, 0.25) is 5.82 Å². The predicted octanol–water partition coefficient (Wildman–Crippen LogP) is 0.987. The van der Waals surface area contributed by atoms with Crippen molar-refractivity contribution in [2.45, 2.75) is 0 Å². The number of pyridine rings is 1. The van der Waals surface area contributed by atoms with Crippen LogP contribution < -0.4 is 4.90 Å². The summed E-state index contributed by atoms with van der Waals surface area (Å²) in [7, 11) is -3.01. The average molecular weight is 336 g/mol. The Kier molecular flexibility index (Phi) is 3.53. The van der Waals surface area contributed by atoms with E-state index in [-0.39, 0.29) is 36.1 Å². The van der Waals surface area contributed by atoms with E-state index in [1.54, 1.807) is 4.90 Å². The van der Waals surface area contributed by atoms with E-state index in [0.29, 0.717) is 4.47 Å². The van der Waals surface area contributed by atoms with Crippen LogP contribution >= 0.6 is 15.9 Å². The number of hydrogen-bond donors (Lipinski definition) is 0. The molecule has 0 spiro atoms. The highest BCUT2D eigenvalue weighted by molar-refractivity contribution is 9.10. The number of nitro groups is 1. The highest BCUT2D eigenvalue weighted by atomic mass is 79.9. The van der Waals surface area contributed by atoms with Gasteiger partial charge in [-0.1, -0.05) is 0 Å².